The van der Waals surface area contributed by atoms with E-state index in [1.165, 1.54) is 18.2 Å². The van der Waals surface area contributed by atoms with E-state index in [0.29, 0.717) is 16.9 Å². The van der Waals surface area contributed by atoms with Crippen LogP contribution in [-0.2, 0) is 4.79 Å². The van der Waals surface area contributed by atoms with Gasteiger partial charge in [0, 0.05) is 19.2 Å². The van der Waals surface area contributed by atoms with E-state index in [1.54, 1.807) is 14.0 Å². The minimum Gasteiger partial charge on any atom is -0.495 e. The van der Waals surface area contributed by atoms with Gasteiger partial charge in [-0.1, -0.05) is 23.9 Å². The Morgan fingerprint density at radius 2 is 1.88 bits per heavy atom. The SMILES string of the molecule is COc1ccccc1-n1c(SC(C)C(=O)Nc2cc(F)ccc2F)nnc1N1CCCCC1. The molecule has 1 atom stereocenters. The lowest BCUT2D eigenvalue weighted by atomic mass is 10.1. The topological polar surface area (TPSA) is 72.3 Å². The van der Waals surface area contributed by atoms with Crippen molar-refractivity contribution < 1.29 is 18.3 Å². The summed E-state index contributed by atoms with van der Waals surface area (Å²) < 4.78 is 34.9. The van der Waals surface area contributed by atoms with Gasteiger partial charge in [-0.05, 0) is 50.5 Å². The number of anilines is 2. The van der Waals surface area contributed by atoms with Gasteiger partial charge in [-0.3, -0.25) is 9.36 Å². The zero-order chi connectivity index (χ0) is 23.4. The quantitative estimate of drug-likeness (QED) is 0.503. The summed E-state index contributed by atoms with van der Waals surface area (Å²) in [4.78, 5) is 14.9. The summed E-state index contributed by atoms with van der Waals surface area (Å²) in [5.74, 6) is -0.471. The molecular formula is C23H25F2N5O2S. The van der Waals surface area contributed by atoms with Gasteiger partial charge in [-0.25, -0.2) is 8.78 Å². The van der Waals surface area contributed by atoms with Crippen molar-refractivity contribution in [2.75, 3.05) is 30.4 Å². The smallest absolute Gasteiger partial charge is 0.237 e. The second-order valence-electron chi connectivity index (χ2n) is 7.71. The number of hydrogen-bond acceptors (Lipinski definition) is 6. The average Bonchev–Trinajstić information content (AvgIpc) is 3.25. The molecule has 1 aliphatic rings. The van der Waals surface area contributed by atoms with Gasteiger partial charge >= 0.3 is 0 Å². The Morgan fingerprint density at radius 3 is 2.64 bits per heavy atom. The molecule has 1 N–H and O–H groups in total. The van der Waals surface area contributed by atoms with Crippen LogP contribution < -0.4 is 15.0 Å². The third kappa shape index (κ3) is 5.11. The van der Waals surface area contributed by atoms with Crippen molar-refractivity contribution in [3.63, 3.8) is 0 Å². The second kappa shape index (κ2) is 10.2. The van der Waals surface area contributed by atoms with Crippen molar-refractivity contribution in [1.29, 1.82) is 0 Å². The summed E-state index contributed by atoms with van der Waals surface area (Å²) in [5.41, 5.74) is 0.560. The summed E-state index contributed by atoms with van der Waals surface area (Å²) >= 11 is 1.19. The molecule has 1 aliphatic heterocycles. The number of carbonyl (C=O) groups excluding carboxylic acids is 1. The van der Waals surface area contributed by atoms with Gasteiger partial charge in [-0.2, -0.15) is 0 Å². The molecule has 1 unspecified atom stereocenters. The Hall–Kier alpha value is -3.14. The normalized spacial score (nSPS) is 14.7. The van der Waals surface area contributed by atoms with E-state index in [4.69, 9.17) is 4.74 Å². The van der Waals surface area contributed by atoms with Crippen molar-refractivity contribution in [2.45, 2.75) is 36.6 Å². The fourth-order valence-electron chi connectivity index (χ4n) is 3.70. The highest BCUT2D eigenvalue weighted by molar-refractivity contribution is 8.00. The van der Waals surface area contributed by atoms with Crippen molar-refractivity contribution >= 4 is 29.3 Å². The molecule has 0 bridgehead atoms. The van der Waals surface area contributed by atoms with Crippen LogP contribution in [0.4, 0.5) is 20.4 Å². The Labute approximate surface area is 195 Å². The van der Waals surface area contributed by atoms with Crippen LogP contribution in [-0.4, -0.2) is 46.1 Å². The minimum atomic E-state index is -0.702. The van der Waals surface area contributed by atoms with Gasteiger partial charge in [0.05, 0.1) is 23.7 Å². The minimum absolute atomic E-state index is 0.201. The molecule has 33 heavy (non-hydrogen) atoms. The maximum absolute atomic E-state index is 14.0. The summed E-state index contributed by atoms with van der Waals surface area (Å²) in [5, 5.41) is 11.1. The van der Waals surface area contributed by atoms with Crippen LogP contribution in [0.2, 0.25) is 0 Å². The fraction of sp³-hybridized carbons (Fsp3) is 0.348. The number of ether oxygens (including phenoxy) is 1. The van der Waals surface area contributed by atoms with Gasteiger partial charge in [0.2, 0.25) is 11.9 Å². The monoisotopic (exact) mass is 473 g/mol. The fourth-order valence-corrected chi connectivity index (χ4v) is 4.56. The Kier molecular flexibility index (Phi) is 7.12. The van der Waals surface area contributed by atoms with Gasteiger partial charge in [0.1, 0.15) is 17.4 Å². The third-order valence-corrected chi connectivity index (χ3v) is 6.46. The van der Waals surface area contributed by atoms with Crippen LogP contribution in [0.5, 0.6) is 5.75 Å². The number of piperidine rings is 1. The lowest BCUT2D eigenvalue weighted by molar-refractivity contribution is -0.115. The van der Waals surface area contributed by atoms with E-state index < -0.39 is 22.8 Å². The highest BCUT2D eigenvalue weighted by Crippen LogP contribution is 2.34. The number of amides is 1. The largest absolute Gasteiger partial charge is 0.495 e. The molecule has 0 spiro atoms. The van der Waals surface area contributed by atoms with E-state index in [2.05, 4.69) is 20.4 Å². The molecule has 1 fully saturated rings. The average molecular weight is 474 g/mol. The first-order valence-corrected chi connectivity index (χ1v) is 11.6. The molecule has 0 saturated carbocycles. The van der Waals surface area contributed by atoms with Crippen molar-refractivity contribution in [1.82, 2.24) is 14.8 Å². The lowest BCUT2D eigenvalue weighted by Crippen LogP contribution is -2.32. The van der Waals surface area contributed by atoms with Crippen molar-refractivity contribution in [3.05, 3.63) is 54.1 Å². The van der Waals surface area contributed by atoms with Crippen molar-refractivity contribution in [3.8, 4) is 11.4 Å². The first-order valence-electron chi connectivity index (χ1n) is 10.7. The molecule has 174 valence electrons. The number of carbonyl (C=O) groups is 1. The van der Waals surface area contributed by atoms with Crippen LogP contribution in [0.15, 0.2) is 47.6 Å². The predicted octanol–water partition coefficient (Wildman–Crippen LogP) is 4.66. The first kappa shape index (κ1) is 23.0. The second-order valence-corrected chi connectivity index (χ2v) is 9.02. The number of aromatic nitrogens is 3. The van der Waals surface area contributed by atoms with Gasteiger partial charge < -0.3 is 15.0 Å². The molecule has 2 aromatic carbocycles. The zero-order valence-electron chi connectivity index (χ0n) is 18.4. The molecule has 4 rings (SSSR count). The number of methoxy groups -OCH3 is 1. The van der Waals surface area contributed by atoms with Gasteiger partial charge in [0.15, 0.2) is 5.16 Å². The summed E-state index contributed by atoms with van der Waals surface area (Å²) in [6.07, 6.45) is 3.31. The highest BCUT2D eigenvalue weighted by Gasteiger charge is 2.26. The molecule has 10 heteroatoms. The number of para-hydroxylation sites is 2. The van der Waals surface area contributed by atoms with E-state index in [-0.39, 0.29) is 5.69 Å². The summed E-state index contributed by atoms with van der Waals surface area (Å²) in [6, 6.07) is 10.5. The standard InChI is InChI=1S/C23H25F2N5O2S/c1-15(21(31)26-18-14-16(24)10-11-17(18)25)33-23-28-27-22(29-12-6-3-7-13-29)30(23)19-8-4-5-9-20(19)32-2/h4-5,8-11,14-15H,3,6-7,12-13H2,1-2H3,(H,26,31). The molecule has 7 nitrogen and oxygen atoms in total. The van der Waals surface area contributed by atoms with Crippen molar-refractivity contribution in [2.24, 2.45) is 0 Å². The number of rotatable bonds is 7. The lowest BCUT2D eigenvalue weighted by Gasteiger charge is -2.28. The third-order valence-electron chi connectivity index (χ3n) is 5.42. The van der Waals surface area contributed by atoms with Crippen LogP contribution in [0, 0.1) is 11.6 Å². The molecular weight excluding hydrogens is 448 g/mol. The molecule has 1 saturated heterocycles. The van der Waals surface area contributed by atoms with Gasteiger partial charge in [-0.15, -0.1) is 10.2 Å². The first-order chi connectivity index (χ1) is 16.0. The molecule has 1 amide bonds. The maximum atomic E-state index is 14.0. The zero-order valence-corrected chi connectivity index (χ0v) is 19.2. The Morgan fingerprint density at radius 1 is 1.12 bits per heavy atom. The van der Waals surface area contributed by atoms with Crippen LogP contribution in [0.25, 0.3) is 5.69 Å². The number of halogens is 2. The van der Waals surface area contributed by atoms with E-state index in [1.807, 2.05) is 28.8 Å². The number of nitrogens with one attached hydrogen (secondary N) is 1. The number of thioether (sulfide) groups is 1. The number of hydrogen-bond donors (Lipinski definition) is 1. The van der Waals surface area contributed by atoms with E-state index in [0.717, 1.165) is 49.8 Å². The summed E-state index contributed by atoms with van der Waals surface area (Å²) in [7, 11) is 1.60. The predicted molar refractivity (Wildman–Crippen MR) is 124 cm³/mol. The Bertz CT molecular complexity index is 1130. The van der Waals surface area contributed by atoms with Crippen LogP contribution in [0.1, 0.15) is 26.2 Å². The number of nitrogens with zero attached hydrogens (tertiary/aromatic N) is 4. The van der Waals surface area contributed by atoms with Gasteiger partial charge in [0.25, 0.3) is 0 Å². The molecule has 2 heterocycles. The van der Waals surface area contributed by atoms with E-state index in [9.17, 15) is 13.6 Å². The molecule has 0 aliphatic carbocycles. The Balaban J connectivity index is 1.63. The maximum Gasteiger partial charge on any atom is 0.237 e. The molecule has 0 radical (unpaired) electrons. The molecule has 3 aromatic rings. The molecule has 1 aromatic heterocycles. The van der Waals surface area contributed by atoms with Crippen LogP contribution >= 0.6 is 11.8 Å². The highest BCUT2D eigenvalue weighted by atomic mass is 32.2. The van der Waals surface area contributed by atoms with Crippen LogP contribution in [0.3, 0.4) is 0 Å². The number of benzene rings is 2. The summed E-state index contributed by atoms with van der Waals surface area (Å²) in [6.45, 7) is 3.42. The van der Waals surface area contributed by atoms with E-state index >= 15 is 0 Å².